The topological polar surface area (TPSA) is 69.0 Å². The molecule has 1 N–H and O–H groups in total. The first-order valence-corrected chi connectivity index (χ1v) is 10.5. The lowest BCUT2D eigenvalue weighted by Gasteiger charge is -2.16. The van der Waals surface area contributed by atoms with E-state index in [4.69, 9.17) is 16.3 Å². The van der Waals surface area contributed by atoms with Gasteiger partial charge in [-0.2, -0.15) is 0 Å². The quantitative estimate of drug-likeness (QED) is 0.481. The van der Waals surface area contributed by atoms with Crippen molar-refractivity contribution >= 4 is 35.0 Å². The summed E-state index contributed by atoms with van der Waals surface area (Å²) >= 11 is 7.06. The Morgan fingerprint density at radius 1 is 1.23 bits per heavy atom. The van der Waals surface area contributed by atoms with E-state index in [9.17, 15) is 13.6 Å². The normalized spacial score (nSPS) is 11.9. The van der Waals surface area contributed by atoms with Gasteiger partial charge in [0.25, 0.3) is 0 Å². The molecule has 1 unspecified atom stereocenters. The number of rotatable bonds is 8. The molecule has 0 bridgehead atoms. The molecule has 0 saturated heterocycles. The molecule has 0 fully saturated rings. The predicted octanol–water partition coefficient (Wildman–Crippen LogP) is 5.10. The van der Waals surface area contributed by atoms with Crippen LogP contribution in [0.25, 0.3) is 0 Å². The molecule has 0 aliphatic rings. The third-order valence-electron chi connectivity index (χ3n) is 4.08. The molecule has 1 amide bonds. The second-order valence-corrected chi connectivity index (χ2v) is 7.64. The van der Waals surface area contributed by atoms with Crippen LogP contribution in [-0.2, 0) is 11.3 Å². The van der Waals surface area contributed by atoms with Crippen LogP contribution < -0.4 is 10.1 Å². The van der Waals surface area contributed by atoms with E-state index in [-0.39, 0.29) is 17.4 Å². The third kappa shape index (κ3) is 5.48. The molecule has 2 aromatic carbocycles. The molecule has 10 heteroatoms. The highest BCUT2D eigenvalue weighted by atomic mass is 35.5. The van der Waals surface area contributed by atoms with Crippen LogP contribution in [0.5, 0.6) is 5.75 Å². The van der Waals surface area contributed by atoms with Crippen LogP contribution in [0.15, 0.2) is 47.6 Å². The highest BCUT2D eigenvalue weighted by Gasteiger charge is 2.20. The third-order valence-corrected chi connectivity index (χ3v) is 5.30. The van der Waals surface area contributed by atoms with E-state index < -0.39 is 17.7 Å². The van der Waals surface area contributed by atoms with Crippen molar-refractivity contribution in [3.8, 4) is 5.75 Å². The van der Waals surface area contributed by atoms with E-state index in [0.29, 0.717) is 28.2 Å². The Balaban J connectivity index is 1.64. The molecule has 6 nitrogen and oxygen atoms in total. The Bertz CT molecular complexity index is 1030. The lowest BCUT2D eigenvalue weighted by atomic mass is 10.3. The SMILES string of the molecule is CCn1c(SCC(=O)Nc2ccc(Cl)cc2)nnc1C(C)Oc1ccc(F)cc1F. The number of nitrogens with one attached hydrogen (secondary N) is 1. The van der Waals surface area contributed by atoms with Gasteiger partial charge in [-0.25, -0.2) is 8.78 Å². The minimum atomic E-state index is -0.794. The van der Waals surface area contributed by atoms with Crippen LogP contribution >= 0.6 is 23.4 Å². The largest absolute Gasteiger partial charge is 0.480 e. The fourth-order valence-corrected chi connectivity index (χ4v) is 3.61. The number of amides is 1. The first-order valence-electron chi connectivity index (χ1n) is 9.10. The Hall–Kier alpha value is -2.65. The summed E-state index contributed by atoms with van der Waals surface area (Å²) in [5.41, 5.74) is 0.644. The first kappa shape index (κ1) is 22.0. The number of carbonyl (C=O) groups excluding carboxylic acids is 1. The standard InChI is InChI=1S/C20H19ClF2N4O2S/c1-3-27-19(12(2)29-17-9-6-14(22)10-16(17)23)25-26-20(27)30-11-18(28)24-15-7-4-13(21)5-8-15/h4-10,12H,3,11H2,1-2H3,(H,24,28). The number of ether oxygens (including phenoxy) is 1. The van der Waals surface area contributed by atoms with Crippen molar-refractivity contribution in [2.24, 2.45) is 0 Å². The van der Waals surface area contributed by atoms with Crippen LogP contribution in [0.2, 0.25) is 5.02 Å². The first-order chi connectivity index (χ1) is 14.4. The maximum atomic E-state index is 13.9. The number of carbonyl (C=O) groups is 1. The molecule has 3 rings (SSSR count). The van der Waals surface area contributed by atoms with Gasteiger partial charge < -0.3 is 14.6 Å². The summed E-state index contributed by atoms with van der Waals surface area (Å²) in [4.78, 5) is 12.2. The number of halogens is 3. The summed E-state index contributed by atoms with van der Waals surface area (Å²) in [6.07, 6.45) is -0.630. The second kappa shape index (κ2) is 9.90. The van der Waals surface area contributed by atoms with Crippen LogP contribution in [-0.4, -0.2) is 26.4 Å². The highest BCUT2D eigenvalue weighted by Crippen LogP contribution is 2.27. The minimum absolute atomic E-state index is 0.0777. The van der Waals surface area contributed by atoms with Gasteiger partial charge in [0.15, 0.2) is 28.7 Å². The molecule has 0 aliphatic carbocycles. The molecule has 0 spiro atoms. The van der Waals surface area contributed by atoms with Gasteiger partial charge in [0.05, 0.1) is 5.75 Å². The van der Waals surface area contributed by atoms with Gasteiger partial charge in [0.1, 0.15) is 5.82 Å². The van der Waals surface area contributed by atoms with Gasteiger partial charge >= 0.3 is 0 Å². The van der Waals surface area contributed by atoms with Crippen LogP contribution in [0.1, 0.15) is 25.8 Å². The molecule has 158 valence electrons. The molecule has 0 aliphatic heterocycles. The second-order valence-electron chi connectivity index (χ2n) is 6.26. The van der Waals surface area contributed by atoms with Gasteiger partial charge in [-0.15, -0.1) is 10.2 Å². The monoisotopic (exact) mass is 452 g/mol. The summed E-state index contributed by atoms with van der Waals surface area (Å²) < 4.78 is 34.3. The van der Waals surface area contributed by atoms with Crippen molar-refractivity contribution in [1.82, 2.24) is 14.8 Å². The molecule has 1 aromatic heterocycles. The summed E-state index contributed by atoms with van der Waals surface area (Å²) in [5.74, 6) is -1.15. The van der Waals surface area contributed by atoms with E-state index >= 15 is 0 Å². The fraction of sp³-hybridized carbons (Fsp3) is 0.250. The average molecular weight is 453 g/mol. The Kier molecular flexibility index (Phi) is 7.28. The van der Waals surface area contributed by atoms with Crippen molar-refractivity contribution in [2.75, 3.05) is 11.1 Å². The molecule has 3 aromatic rings. The number of anilines is 1. The minimum Gasteiger partial charge on any atom is -0.480 e. The number of hydrogen-bond acceptors (Lipinski definition) is 5. The number of aromatic nitrogens is 3. The highest BCUT2D eigenvalue weighted by molar-refractivity contribution is 7.99. The van der Waals surface area contributed by atoms with E-state index in [0.717, 1.165) is 12.1 Å². The number of nitrogens with zero attached hydrogens (tertiary/aromatic N) is 3. The van der Waals surface area contributed by atoms with Gasteiger partial charge in [-0.1, -0.05) is 23.4 Å². The smallest absolute Gasteiger partial charge is 0.234 e. The van der Waals surface area contributed by atoms with E-state index in [1.54, 1.807) is 35.8 Å². The van der Waals surface area contributed by atoms with E-state index in [2.05, 4.69) is 15.5 Å². The summed E-state index contributed by atoms with van der Waals surface area (Å²) in [5, 5.41) is 12.1. The van der Waals surface area contributed by atoms with Crippen LogP contribution in [0.3, 0.4) is 0 Å². The predicted molar refractivity (Wildman–Crippen MR) is 112 cm³/mol. The number of thioether (sulfide) groups is 1. The van der Waals surface area contributed by atoms with E-state index in [1.165, 1.54) is 17.8 Å². The van der Waals surface area contributed by atoms with Gasteiger partial charge in [-0.3, -0.25) is 4.79 Å². The van der Waals surface area contributed by atoms with Gasteiger partial charge in [-0.05, 0) is 50.2 Å². The zero-order valence-electron chi connectivity index (χ0n) is 16.2. The Morgan fingerprint density at radius 2 is 1.97 bits per heavy atom. The lowest BCUT2D eigenvalue weighted by molar-refractivity contribution is -0.113. The van der Waals surface area contributed by atoms with Crippen molar-refractivity contribution in [3.05, 3.63) is 64.9 Å². The molecule has 0 radical (unpaired) electrons. The van der Waals surface area contributed by atoms with Crippen molar-refractivity contribution in [2.45, 2.75) is 31.7 Å². The zero-order valence-corrected chi connectivity index (χ0v) is 17.8. The van der Waals surface area contributed by atoms with Crippen molar-refractivity contribution < 1.29 is 18.3 Å². The molecule has 1 heterocycles. The van der Waals surface area contributed by atoms with Crippen molar-refractivity contribution in [1.29, 1.82) is 0 Å². The van der Waals surface area contributed by atoms with Crippen LogP contribution in [0, 0.1) is 11.6 Å². The van der Waals surface area contributed by atoms with Crippen LogP contribution in [0.4, 0.5) is 14.5 Å². The number of benzene rings is 2. The number of hydrogen-bond donors (Lipinski definition) is 1. The Labute approximate surface area is 181 Å². The lowest BCUT2D eigenvalue weighted by Crippen LogP contribution is -2.15. The average Bonchev–Trinajstić information content (AvgIpc) is 3.13. The fourth-order valence-electron chi connectivity index (χ4n) is 2.68. The molecule has 1 atom stereocenters. The zero-order chi connectivity index (χ0) is 21.7. The molecular weight excluding hydrogens is 434 g/mol. The Morgan fingerprint density at radius 3 is 2.63 bits per heavy atom. The van der Waals surface area contributed by atoms with E-state index in [1.807, 2.05) is 6.92 Å². The summed E-state index contributed by atoms with van der Waals surface area (Å²) in [6.45, 7) is 4.12. The maximum absolute atomic E-state index is 13.9. The molecular formula is C20H19ClF2N4O2S. The molecule has 0 saturated carbocycles. The van der Waals surface area contributed by atoms with Gasteiger partial charge in [0, 0.05) is 23.3 Å². The maximum Gasteiger partial charge on any atom is 0.234 e. The van der Waals surface area contributed by atoms with Crippen molar-refractivity contribution in [3.63, 3.8) is 0 Å². The summed E-state index contributed by atoms with van der Waals surface area (Å²) in [7, 11) is 0. The molecule has 30 heavy (non-hydrogen) atoms. The van der Waals surface area contributed by atoms with Gasteiger partial charge in [0.2, 0.25) is 5.91 Å². The summed E-state index contributed by atoms with van der Waals surface area (Å²) in [6, 6.07) is 9.91.